The van der Waals surface area contributed by atoms with Crippen molar-refractivity contribution >= 4 is 39.7 Å². The van der Waals surface area contributed by atoms with Gasteiger partial charge in [0.15, 0.2) is 5.13 Å². The van der Waals surface area contributed by atoms with Crippen molar-refractivity contribution in [2.24, 2.45) is 0 Å². The first-order valence-corrected chi connectivity index (χ1v) is 11.3. The predicted molar refractivity (Wildman–Crippen MR) is 124 cm³/mol. The summed E-state index contributed by atoms with van der Waals surface area (Å²) in [6.07, 6.45) is -2.87. The number of halogens is 4. The molecule has 0 aliphatic heterocycles. The van der Waals surface area contributed by atoms with Crippen molar-refractivity contribution in [3.05, 3.63) is 64.5 Å². The van der Waals surface area contributed by atoms with Crippen LogP contribution in [0.3, 0.4) is 0 Å². The molecule has 1 heterocycles. The van der Waals surface area contributed by atoms with Gasteiger partial charge in [-0.1, -0.05) is 29.8 Å². The van der Waals surface area contributed by atoms with E-state index in [9.17, 15) is 18.0 Å². The van der Waals surface area contributed by atoms with Crippen LogP contribution in [0.1, 0.15) is 24.8 Å². The zero-order chi connectivity index (χ0) is 23.3. The van der Waals surface area contributed by atoms with Gasteiger partial charge in [-0.2, -0.15) is 13.2 Å². The second kappa shape index (κ2) is 10.5. The van der Waals surface area contributed by atoms with E-state index in [-0.39, 0.29) is 18.0 Å². The van der Waals surface area contributed by atoms with Crippen molar-refractivity contribution in [1.29, 1.82) is 0 Å². The highest BCUT2D eigenvalue weighted by molar-refractivity contribution is 7.14. The average Bonchev–Trinajstić information content (AvgIpc) is 3.20. The number of benzene rings is 2. The summed E-state index contributed by atoms with van der Waals surface area (Å²) < 4.78 is 39.9. The zero-order valence-corrected chi connectivity index (χ0v) is 19.3. The smallest absolute Gasteiger partial charge is 0.309 e. The molecule has 32 heavy (non-hydrogen) atoms. The third-order valence-electron chi connectivity index (χ3n) is 4.73. The largest absolute Gasteiger partial charge is 0.416 e. The van der Waals surface area contributed by atoms with Gasteiger partial charge in [-0.25, -0.2) is 4.98 Å². The zero-order valence-electron chi connectivity index (χ0n) is 17.7. The van der Waals surface area contributed by atoms with Gasteiger partial charge < -0.3 is 4.90 Å². The van der Waals surface area contributed by atoms with Crippen LogP contribution < -0.4 is 4.90 Å². The van der Waals surface area contributed by atoms with Crippen LogP contribution in [-0.2, 0) is 11.0 Å². The van der Waals surface area contributed by atoms with E-state index in [1.54, 1.807) is 23.6 Å². The summed E-state index contributed by atoms with van der Waals surface area (Å²) in [5, 5.41) is 2.63. The maximum atomic E-state index is 13.3. The highest BCUT2D eigenvalue weighted by atomic mass is 35.5. The van der Waals surface area contributed by atoms with Gasteiger partial charge in [-0.05, 0) is 63.8 Å². The van der Waals surface area contributed by atoms with Crippen LogP contribution in [0.4, 0.5) is 24.0 Å². The fourth-order valence-electron chi connectivity index (χ4n) is 3.15. The average molecular weight is 482 g/mol. The van der Waals surface area contributed by atoms with E-state index in [0.717, 1.165) is 30.7 Å². The van der Waals surface area contributed by atoms with Gasteiger partial charge in [-0.3, -0.25) is 9.69 Å². The molecule has 3 rings (SSSR count). The second-order valence-corrected chi connectivity index (χ2v) is 8.84. The molecule has 0 fully saturated rings. The fraction of sp³-hybridized carbons (Fsp3) is 0.304. The normalized spacial score (nSPS) is 11.7. The molecule has 0 spiro atoms. The molecule has 3 aromatic rings. The number of alkyl halides is 3. The van der Waals surface area contributed by atoms with Gasteiger partial charge in [-0.15, -0.1) is 11.3 Å². The number of nitrogens with zero attached hydrogens (tertiary/aromatic N) is 3. The minimum atomic E-state index is -4.51. The Morgan fingerprint density at radius 3 is 2.53 bits per heavy atom. The molecule has 0 aliphatic rings. The molecule has 9 heteroatoms. The molecule has 170 valence electrons. The van der Waals surface area contributed by atoms with Crippen molar-refractivity contribution in [3.8, 4) is 11.3 Å². The summed E-state index contributed by atoms with van der Waals surface area (Å²) in [6, 6.07) is 11.9. The van der Waals surface area contributed by atoms with E-state index in [2.05, 4.69) is 4.98 Å². The van der Waals surface area contributed by atoms with Gasteiger partial charge in [0, 0.05) is 22.4 Å². The fourth-order valence-corrected chi connectivity index (χ4v) is 4.21. The van der Waals surface area contributed by atoms with Crippen LogP contribution in [-0.4, -0.2) is 36.4 Å². The third-order valence-corrected chi connectivity index (χ3v) is 5.79. The standard InChI is InChI=1S/C23H23ClF3N3OS/c1-29(2)12-4-3-11-21(31)30(19-10-6-8-17(14-19)23(25,26)27)22-28-20(15-32-22)16-7-5-9-18(24)13-16/h5-10,13-15H,3-4,11-12H2,1-2H3. The molecule has 0 radical (unpaired) electrons. The number of amides is 1. The Labute approximate surface area is 194 Å². The first-order chi connectivity index (χ1) is 15.1. The Balaban J connectivity index is 1.93. The highest BCUT2D eigenvalue weighted by Crippen LogP contribution is 2.37. The molecular weight excluding hydrogens is 459 g/mol. The van der Waals surface area contributed by atoms with E-state index in [1.165, 1.54) is 28.4 Å². The molecule has 4 nitrogen and oxygen atoms in total. The van der Waals surface area contributed by atoms with Crippen molar-refractivity contribution in [1.82, 2.24) is 9.88 Å². The van der Waals surface area contributed by atoms with Crippen molar-refractivity contribution < 1.29 is 18.0 Å². The predicted octanol–water partition coefficient (Wildman–Crippen LogP) is 6.88. The Morgan fingerprint density at radius 2 is 1.84 bits per heavy atom. The molecule has 0 bridgehead atoms. The Kier molecular flexibility index (Phi) is 7.92. The maximum Gasteiger partial charge on any atom is 0.416 e. The van der Waals surface area contributed by atoms with Crippen molar-refractivity contribution in [2.75, 3.05) is 25.5 Å². The number of carbonyl (C=O) groups excluding carboxylic acids is 1. The first-order valence-electron chi connectivity index (χ1n) is 10.0. The molecule has 1 aromatic heterocycles. The maximum absolute atomic E-state index is 13.3. The molecule has 2 aromatic carbocycles. The number of rotatable bonds is 8. The lowest BCUT2D eigenvalue weighted by molar-refractivity contribution is -0.137. The van der Waals surface area contributed by atoms with Gasteiger partial charge >= 0.3 is 6.18 Å². The number of anilines is 2. The minimum absolute atomic E-state index is 0.143. The van der Waals surface area contributed by atoms with Gasteiger partial charge in [0.1, 0.15) is 0 Å². The molecule has 0 saturated heterocycles. The molecule has 0 aliphatic carbocycles. The van der Waals surface area contributed by atoms with Crippen LogP contribution in [0.2, 0.25) is 5.02 Å². The molecule has 1 amide bonds. The number of thiazole rings is 1. The monoisotopic (exact) mass is 481 g/mol. The lowest BCUT2D eigenvalue weighted by atomic mass is 10.1. The highest BCUT2D eigenvalue weighted by Gasteiger charge is 2.32. The van der Waals surface area contributed by atoms with Crippen LogP contribution in [0, 0.1) is 0 Å². The molecule has 0 atom stereocenters. The van der Waals surface area contributed by atoms with E-state index in [0.29, 0.717) is 22.3 Å². The van der Waals surface area contributed by atoms with E-state index in [4.69, 9.17) is 11.6 Å². The van der Waals surface area contributed by atoms with Gasteiger partial charge in [0.05, 0.1) is 16.9 Å². The molecule has 0 unspecified atom stereocenters. The van der Waals surface area contributed by atoms with E-state index < -0.39 is 11.7 Å². The summed E-state index contributed by atoms with van der Waals surface area (Å²) in [5.74, 6) is -0.296. The number of unbranched alkanes of at least 4 members (excludes halogenated alkanes) is 1. The lowest BCUT2D eigenvalue weighted by Gasteiger charge is -2.21. The van der Waals surface area contributed by atoms with Gasteiger partial charge in [0.25, 0.3) is 0 Å². The summed E-state index contributed by atoms with van der Waals surface area (Å²) in [4.78, 5) is 21.0. The Hall–Kier alpha value is -2.42. The quantitative estimate of drug-likeness (QED) is 0.329. The van der Waals surface area contributed by atoms with Crippen LogP contribution >= 0.6 is 22.9 Å². The van der Waals surface area contributed by atoms with Crippen molar-refractivity contribution in [2.45, 2.75) is 25.4 Å². The summed E-state index contributed by atoms with van der Waals surface area (Å²) in [5.41, 5.74) is 0.698. The number of hydrogen-bond acceptors (Lipinski definition) is 4. The Bertz CT molecular complexity index is 1070. The second-order valence-electron chi connectivity index (χ2n) is 7.56. The van der Waals surface area contributed by atoms with Crippen LogP contribution in [0.25, 0.3) is 11.3 Å². The Morgan fingerprint density at radius 1 is 1.09 bits per heavy atom. The minimum Gasteiger partial charge on any atom is -0.309 e. The third kappa shape index (κ3) is 6.31. The van der Waals surface area contributed by atoms with Crippen LogP contribution in [0.15, 0.2) is 53.9 Å². The summed E-state index contributed by atoms with van der Waals surface area (Å²) >= 11 is 7.27. The van der Waals surface area contributed by atoms with Gasteiger partial charge in [0.2, 0.25) is 5.91 Å². The first kappa shape index (κ1) is 24.2. The molecule has 0 N–H and O–H groups in total. The topological polar surface area (TPSA) is 36.4 Å². The number of carbonyl (C=O) groups is 1. The lowest BCUT2D eigenvalue weighted by Crippen LogP contribution is -2.26. The number of hydrogen-bond donors (Lipinski definition) is 0. The summed E-state index contributed by atoms with van der Waals surface area (Å²) in [6.45, 7) is 0.826. The molecule has 0 saturated carbocycles. The molecular formula is C23H23ClF3N3OS. The SMILES string of the molecule is CN(C)CCCCC(=O)N(c1cccc(C(F)(F)F)c1)c1nc(-c2cccc(Cl)c2)cs1. The number of aromatic nitrogens is 1. The van der Waals surface area contributed by atoms with E-state index >= 15 is 0 Å². The van der Waals surface area contributed by atoms with E-state index in [1.807, 2.05) is 25.1 Å². The van der Waals surface area contributed by atoms with Crippen LogP contribution in [0.5, 0.6) is 0 Å². The van der Waals surface area contributed by atoms with Crippen molar-refractivity contribution in [3.63, 3.8) is 0 Å². The summed E-state index contributed by atoms with van der Waals surface area (Å²) in [7, 11) is 3.90.